The van der Waals surface area contributed by atoms with Gasteiger partial charge in [-0.3, -0.25) is 19.2 Å². The summed E-state index contributed by atoms with van der Waals surface area (Å²) in [6.45, 7) is 10.5. The molecular weight excluding hydrogens is 524 g/mol. The van der Waals surface area contributed by atoms with Gasteiger partial charge >= 0.3 is 6.09 Å². The fourth-order valence-electron chi connectivity index (χ4n) is 6.23. The third kappa shape index (κ3) is 7.78. The van der Waals surface area contributed by atoms with Crippen molar-refractivity contribution in [2.24, 2.45) is 17.3 Å². The third-order valence-electron chi connectivity index (χ3n) is 8.56. The van der Waals surface area contributed by atoms with Gasteiger partial charge in [0.05, 0.1) is 6.04 Å². The minimum absolute atomic E-state index is 0.0336. The van der Waals surface area contributed by atoms with Crippen LogP contribution in [0.25, 0.3) is 0 Å². The zero-order valence-electron chi connectivity index (χ0n) is 24.6. The first-order chi connectivity index (χ1) is 18.4. The average molecular weight is 570 g/mol. The molecule has 3 rings (SSSR count). The number of Topliss-reactive ketones (excluding diaryl/α,β-unsaturated/α-hetero) is 2. The predicted octanol–water partition coefficient (Wildman–Crippen LogP) is 4.17. The highest BCUT2D eigenvalue weighted by Gasteiger charge is 2.69. The first-order valence-electron chi connectivity index (χ1n) is 14.5. The number of amides is 3. The molecule has 0 bridgehead atoms. The number of carbonyl (C=O) groups is 5. The molecule has 0 aromatic heterocycles. The molecule has 0 aromatic rings. The first kappa shape index (κ1) is 31.9. The number of alkyl carbamates (subject to hydrolysis) is 1. The SMILES string of the molecule is CC(=O)C(=O)[C@@H]1CCC(F)(F)CCCCCCC[C@H](NC(=O)OC(C)(C)C)C(=O)N2CC3C([C@H]2C(=O)N1)C3(C)C. The first-order valence-corrected chi connectivity index (χ1v) is 14.5. The van der Waals surface area contributed by atoms with Gasteiger partial charge in [-0.2, -0.15) is 0 Å². The second-order valence-corrected chi connectivity index (χ2v) is 13.3. The summed E-state index contributed by atoms with van der Waals surface area (Å²) in [5, 5.41) is 5.24. The Balaban J connectivity index is 1.91. The summed E-state index contributed by atoms with van der Waals surface area (Å²) < 4.78 is 34.6. The van der Waals surface area contributed by atoms with Gasteiger partial charge in [0.1, 0.15) is 17.7 Å². The van der Waals surface area contributed by atoms with Gasteiger partial charge in [0.25, 0.3) is 0 Å². The molecule has 0 aromatic carbocycles. The van der Waals surface area contributed by atoms with Gasteiger partial charge in [0, 0.05) is 26.3 Å². The summed E-state index contributed by atoms with van der Waals surface area (Å²) >= 11 is 0. The summed E-state index contributed by atoms with van der Waals surface area (Å²) in [6.07, 6.45) is 1.05. The van der Waals surface area contributed by atoms with Crippen LogP contribution in [0.3, 0.4) is 0 Å². The van der Waals surface area contributed by atoms with E-state index in [0.29, 0.717) is 38.6 Å². The Labute approximate surface area is 235 Å². The Morgan fingerprint density at radius 1 is 1.00 bits per heavy atom. The fourth-order valence-corrected chi connectivity index (χ4v) is 6.23. The Kier molecular flexibility index (Phi) is 9.66. The zero-order valence-corrected chi connectivity index (χ0v) is 24.6. The number of carbonyl (C=O) groups excluding carboxylic acids is 5. The van der Waals surface area contributed by atoms with Crippen LogP contribution in [0.4, 0.5) is 13.6 Å². The lowest BCUT2D eigenvalue weighted by molar-refractivity contribution is -0.144. The zero-order chi connectivity index (χ0) is 30.0. The number of piperidine rings is 1. The number of alkyl halides is 2. The van der Waals surface area contributed by atoms with Crippen molar-refractivity contribution < 1.29 is 37.5 Å². The molecule has 2 heterocycles. The topological polar surface area (TPSA) is 122 Å². The van der Waals surface area contributed by atoms with Crippen molar-refractivity contribution in [2.75, 3.05) is 6.54 Å². The molecule has 5 atom stereocenters. The molecule has 1 saturated carbocycles. The minimum Gasteiger partial charge on any atom is -0.444 e. The molecule has 0 radical (unpaired) electrons. The molecule has 11 heteroatoms. The van der Waals surface area contributed by atoms with Crippen LogP contribution in [0, 0.1) is 17.3 Å². The molecule has 2 N–H and O–H groups in total. The Morgan fingerprint density at radius 2 is 1.62 bits per heavy atom. The predicted molar refractivity (Wildman–Crippen MR) is 144 cm³/mol. The highest BCUT2D eigenvalue weighted by molar-refractivity contribution is 6.38. The van der Waals surface area contributed by atoms with E-state index >= 15 is 0 Å². The van der Waals surface area contributed by atoms with E-state index in [4.69, 9.17) is 4.74 Å². The van der Waals surface area contributed by atoms with Crippen LogP contribution < -0.4 is 10.6 Å². The van der Waals surface area contributed by atoms with Gasteiger partial charge in [-0.05, 0) is 57.3 Å². The van der Waals surface area contributed by atoms with Crippen molar-refractivity contribution >= 4 is 29.5 Å². The summed E-state index contributed by atoms with van der Waals surface area (Å²) in [5.41, 5.74) is -1.01. The van der Waals surface area contributed by atoms with E-state index in [1.54, 1.807) is 20.8 Å². The minimum atomic E-state index is -3.03. The van der Waals surface area contributed by atoms with Crippen molar-refractivity contribution in [3.05, 3.63) is 0 Å². The van der Waals surface area contributed by atoms with Crippen LogP contribution in [0.15, 0.2) is 0 Å². The highest BCUT2D eigenvalue weighted by atomic mass is 19.3. The van der Waals surface area contributed by atoms with Crippen LogP contribution in [0.5, 0.6) is 0 Å². The third-order valence-corrected chi connectivity index (χ3v) is 8.56. The number of nitrogens with one attached hydrogen (secondary N) is 2. The Morgan fingerprint density at radius 3 is 2.25 bits per heavy atom. The molecule has 40 heavy (non-hydrogen) atoms. The van der Waals surface area contributed by atoms with Gasteiger partial charge in [0.15, 0.2) is 5.78 Å². The quantitative estimate of drug-likeness (QED) is 0.492. The van der Waals surface area contributed by atoms with Crippen LogP contribution in [0.1, 0.15) is 99.3 Å². The van der Waals surface area contributed by atoms with Crippen molar-refractivity contribution in [2.45, 2.75) is 129 Å². The van der Waals surface area contributed by atoms with Crippen molar-refractivity contribution in [1.82, 2.24) is 15.5 Å². The molecule has 9 nitrogen and oxygen atoms in total. The summed E-state index contributed by atoms with van der Waals surface area (Å²) in [7, 11) is 0. The molecule has 2 unspecified atom stereocenters. The largest absolute Gasteiger partial charge is 0.444 e. The van der Waals surface area contributed by atoms with Crippen molar-refractivity contribution in [3.8, 4) is 0 Å². The normalized spacial score (nSPS) is 31.2. The van der Waals surface area contributed by atoms with E-state index in [-0.39, 0.29) is 36.5 Å². The maximum Gasteiger partial charge on any atom is 0.408 e. The van der Waals surface area contributed by atoms with Gasteiger partial charge in [0.2, 0.25) is 23.5 Å². The standard InChI is InChI=1S/C29H45F2N3O6/c1-17(35)23(36)19-13-15-29(30,31)14-11-9-7-8-10-12-20(33-26(39)40-27(2,3)4)25(38)34-16-18-21(28(18,5)6)22(34)24(37)32-19/h18-22H,7-16H2,1-6H3,(H,32,37)(H,33,39)/t18?,19-,20-,21?,22-/m0/s1. The number of hydrogen-bond acceptors (Lipinski definition) is 6. The van der Waals surface area contributed by atoms with E-state index in [1.807, 2.05) is 13.8 Å². The number of ketones is 2. The summed E-state index contributed by atoms with van der Waals surface area (Å²) in [6, 6.07) is -3.28. The van der Waals surface area contributed by atoms with E-state index in [1.165, 1.54) is 4.90 Å². The molecule has 2 saturated heterocycles. The van der Waals surface area contributed by atoms with Gasteiger partial charge in [-0.15, -0.1) is 0 Å². The molecule has 0 spiro atoms. The molecular formula is C29H45F2N3O6. The molecule has 2 aliphatic heterocycles. The molecule has 3 fully saturated rings. The van der Waals surface area contributed by atoms with E-state index in [2.05, 4.69) is 10.6 Å². The smallest absolute Gasteiger partial charge is 0.408 e. The second kappa shape index (κ2) is 12.1. The maximum absolute atomic E-state index is 14.6. The van der Waals surface area contributed by atoms with Crippen LogP contribution in [-0.2, 0) is 23.9 Å². The number of halogens is 2. The Bertz CT molecular complexity index is 1010. The van der Waals surface area contributed by atoms with E-state index < -0.39 is 65.5 Å². The van der Waals surface area contributed by atoms with Gasteiger partial charge < -0.3 is 20.3 Å². The van der Waals surface area contributed by atoms with Crippen LogP contribution in [-0.4, -0.2) is 70.6 Å². The maximum atomic E-state index is 14.6. The number of nitrogens with zero attached hydrogens (tertiary/aromatic N) is 1. The second-order valence-electron chi connectivity index (χ2n) is 13.3. The monoisotopic (exact) mass is 569 g/mol. The Hall–Kier alpha value is -2.59. The lowest BCUT2D eigenvalue weighted by Gasteiger charge is -2.34. The van der Waals surface area contributed by atoms with Crippen LogP contribution in [0.2, 0.25) is 0 Å². The fraction of sp³-hybridized carbons (Fsp3) is 0.828. The summed E-state index contributed by atoms with van der Waals surface area (Å²) in [5.74, 6) is -6.02. The summed E-state index contributed by atoms with van der Waals surface area (Å²) in [4.78, 5) is 66.1. The van der Waals surface area contributed by atoms with Crippen LogP contribution >= 0.6 is 0 Å². The number of hydrogen-bond donors (Lipinski definition) is 2. The van der Waals surface area contributed by atoms with Crippen molar-refractivity contribution in [1.29, 1.82) is 0 Å². The molecule has 3 aliphatic rings. The average Bonchev–Trinajstić information content (AvgIpc) is 3.15. The van der Waals surface area contributed by atoms with Gasteiger partial charge in [-0.25, -0.2) is 13.6 Å². The lowest BCUT2D eigenvalue weighted by Crippen LogP contribution is -2.58. The lowest BCUT2D eigenvalue weighted by atomic mass is 9.96. The van der Waals surface area contributed by atoms with E-state index in [0.717, 1.165) is 6.92 Å². The number of rotatable bonds is 3. The molecule has 226 valence electrons. The highest BCUT2D eigenvalue weighted by Crippen LogP contribution is 2.65. The molecule has 3 amide bonds. The number of fused-ring (bicyclic) bond motifs is 3. The van der Waals surface area contributed by atoms with E-state index in [9.17, 15) is 32.8 Å². The van der Waals surface area contributed by atoms with Gasteiger partial charge in [-0.1, -0.05) is 39.5 Å². The number of ether oxygens (including phenoxy) is 1. The van der Waals surface area contributed by atoms with Crippen molar-refractivity contribution in [3.63, 3.8) is 0 Å². The molecule has 1 aliphatic carbocycles.